The molecule has 3 aromatic heterocycles. The van der Waals surface area contributed by atoms with Crippen LogP contribution < -0.4 is 10.9 Å². The minimum atomic E-state index is -0.454. The quantitative estimate of drug-likeness (QED) is 0.708. The molecule has 2 N–H and O–H groups in total. The van der Waals surface area contributed by atoms with Crippen molar-refractivity contribution in [1.82, 2.24) is 25.6 Å². The summed E-state index contributed by atoms with van der Waals surface area (Å²) in [6.45, 7) is 0.0112. The van der Waals surface area contributed by atoms with Crippen LogP contribution in [0.4, 0.5) is 0 Å². The van der Waals surface area contributed by atoms with Gasteiger partial charge in [-0.3, -0.25) is 9.59 Å². The van der Waals surface area contributed by atoms with E-state index in [0.717, 1.165) is 0 Å². The summed E-state index contributed by atoms with van der Waals surface area (Å²) in [5.74, 6) is -0.0547. The molecule has 0 aliphatic rings. The first-order valence-electron chi connectivity index (χ1n) is 5.93. The Kier molecular flexibility index (Phi) is 3.29. The Morgan fingerprint density at radius 2 is 2.24 bits per heavy atom. The van der Waals surface area contributed by atoms with Crippen LogP contribution in [0, 0.1) is 0 Å². The molecule has 0 spiro atoms. The first kappa shape index (κ1) is 12.8. The molecule has 0 unspecified atom stereocenters. The zero-order valence-corrected chi connectivity index (χ0v) is 10.6. The normalized spacial score (nSPS) is 10.5. The summed E-state index contributed by atoms with van der Waals surface area (Å²) >= 11 is 0. The molecule has 0 fully saturated rings. The molecule has 0 saturated carbocycles. The van der Waals surface area contributed by atoms with Crippen molar-refractivity contribution >= 4 is 5.91 Å². The number of rotatable bonds is 4. The highest BCUT2D eigenvalue weighted by Gasteiger charge is 2.14. The third-order valence-corrected chi connectivity index (χ3v) is 2.59. The lowest BCUT2D eigenvalue weighted by molar-refractivity contribution is 0.0909. The Hall–Kier alpha value is -3.23. The van der Waals surface area contributed by atoms with Crippen LogP contribution in [-0.4, -0.2) is 26.2 Å². The van der Waals surface area contributed by atoms with Gasteiger partial charge < -0.3 is 19.3 Å². The van der Waals surface area contributed by atoms with E-state index < -0.39 is 5.91 Å². The molecular weight excluding hydrogens is 278 g/mol. The van der Waals surface area contributed by atoms with Gasteiger partial charge in [-0.15, -0.1) is 0 Å². The molecule has 106 valence electrons. The third kappa shape index (κ3) is 2.71. The number of aromatic nitrogens is 4. The number of nitrogens with zero attached hydrogens (tertiary/aromatic N) is 3. The average molecular weight is 287 g/mol. The van der Waals surface area contributed by atoms with Crippen molar-refractivity contribution < 1.29 is 13.8 Å². The summed E-state index contributed by atoms with van der Waals surface area (Å²) in [4.78, 5) is 29.8. The van der Waals surface area contributed by atoms with Crippen LogP contribution in [0.1, 0.15) is 16.4 Å². The summed E-state index contributed by atoms with van der Waals surface area (Å²) in [6.07, 6.45) is 2.87. The number of nitrogens with one attached hydrogen (secondary N) is 2. The van der Waals surface area contributed by atoms with Gasteiger partial charge in [0.1, 0.15) is 0 Å². The smallest absolute Gasteiger partial charge is 0.290 e. The molecule has 9 heteroatoms. The van der Waals surface area contributed by atoms with Gasteiger partial charge >= 0.3 is 0 Å². The monoisotopic (exact) mass is 287 g/mol. The second-order valence-corrected chi connectivity index (χ2v) is 3.98. The van der Waals surface area contributed by atoms with Gasteiger partial charge in [-0.2, -0.15) is 4.98 Å². The van der Waals surface area contributed by atoms with E-state index in [4.69, 9.17) is 9.05 Å². The van der Waals surface area contributed by atoms with Gasteiger partial charge in [0.25, 0.3) is 11.5 Å². The van der Waals surface area contributed by atoms with E-state index in [2.05, 4.69) is 25.6 Å². The maximum Gasteiger partial charge on any atom is 0.290 e. The number of pyridine rings is 1. The zero-order chi connectivity index (χ0) is 14.7. The van der Waals surface area contributed by atoms with Crippen molar-refractivity contribution in [1.29, 1.82) is 0 Å². The molecule has 0 atom stereocenters. The molecule has 0 saturated heterocycles. The van der Waals surface area contributed by atoms with Crippen molar-refractivity contribution in [3.05, 3.63) is 52.6 Å². The Balaban J connectivity index is 1.70. The number of carbonyl (C=O) groups excluding carboxylic acids is 1. The SMILES string of the molecule is O=C(NCc1nc(-c2ccc[nH]c2=O)no1)c1ccno1. The molecule has 0 aliphatic heterocycles. The molecule has 9 nitrogen and oxygen atoms in total. The topological polar surface area (TPSA) is 127 Å². The molecule has 1 amide bonds. The van der Waals surface area contributed by atoms with Gasteiger partial charge in [0.05, 0.1) is 18.3 Å². The van der Waals surface area contributed by atoms with Crippen molar-refractivity contribution in [3.63, 3.8) is 0 Å². The van der Waals surface area contributed by atoms with Gasteiger partial charge in [-0.05, 0) is 12.1 Å². The maximum atomic E-state index is 11.6. The van der Waals surface area contributed by atoms with Crippen molar-refractivity contribution in [2.75, 3.05) is 0 Å². The van der Waals surface area contributed by atoms with Crippen molar-refractivity contribution in [2.24, 2.45) is 0 Å². The Bertz CT molecular complexity index is 805. The van der Waals surface area contributed by atoms with E-state index in [1.165, 1.54) is 18.5 Å². The summed E-state index contributed by atoms with van der Waals surface area (Å²) < 4.78 is 9.67. The Labute approximate surface area is 117 Å². The molecule has 0 aromatic carbocycles. The number of amides is 1. The van der Waals surface area contributed by atoms with Crippen molar-refractivity contribution in [3.8, 4) is 11.4 Å². The Morgan fingerprint density at radius 3 is 3.00 bits per heavy atom. The van der Waals surface area contributed by atoms with Gasteiger partial charge in [0.2, 0.25) is 17.5 Å². The average Bonchev–Trinajstić information content (AvgIpc) is 3.17. The van der Waals surface area contributed by atoms with Crippen LogP contribution >= 0.6 is 0 Å². The summed E-state index contributed by atoms with van der Waals surface area (Å²) in [7, 11) is 0. The number of hydrogen-bond acceptors (Lipinski definition) is 7. The van der Waals surface area contributed by atoms with Crippen LogP contribution in [0.25, 0.3) is 11.4 Å². The highest BCUT2D eigenvalue weighted by Crippen LogP contribution is 2.10. The molecule has 21 heavy (non-hydrogen) atoms. The number of hydrogen-bond donors (Lipinski definition) is 2. The van der Waals surface area contributed by atoms with E-state index in [0.29, 0.717) is 0 Å². The first-order chi connectivity index (χ1) is 10.2. The third-order valence-electron chi connectivity index (χ3n) is 2.59. The van der Waals surface area contributed by atoms with Crippen LogP contribution in [0.5, 0.6) is 0 Å². The number of aromatic amines is 1. The first-order valence-corrected chi connectivity index (χ1v) is 5.93. The maximum absolute atomic E-state index is 11.6. The minimum Gasteiger partial charge on any atom is -0.351 e. The molecule has 3 rings (SSSR count). The summed E-state index contributed by atoms with van der Waals surface area (Å²) in [5.41, 5.74) is -0.0374. The molecule has 3 heterocycles. The standard InChI is InChI=1S/C12H9N5O4/c18-11-7(2-1-4-13-11)10-16-9(21-17-10)6-14-12(19)8-3-5-15-20-8/h1-5H,6H2,(H,13,18)(H,14,19). The molecule has 0 radical (unpaired) electrons. The second-order valence-electron chi connectivity index (χ2n) is 3.98. The van der Waals surface area contributed by atoms with E-state index in [9.17, 15) is 9.59 Å². The highest BCUT2D eigenvalue weighted by atomic mass is 16.5. The second kappa shape index (κ2) is 5.41. The fraction of sp³-hybridized carbons (Fsp3) is 0.0833. The van der Waals surface area contributed by atoms with Gasteiger partial charge in [0, 0.05) is 12.3 Å². The zero-order valence-electron chi connectivity index (χ0n) is 10.6. The van der Waals surface area contributed by atoms with Gasteiger partial charge in [-0.1, -0.05) is 10.3 Å². The van der Waals surface area contributed by atoms with Crippen LogP contribution in [0.3, 0.4) is 0 Å². The number of carbonyl (C=O) groups is 1. The minimum absolute atomic E-state index is 0.0112. The van der Waals surface area contributed by atoms with Crippen LogP contribution in [-0.2, 0) is 6.54 Å². The number of H-pyrrole nitrogens is 1. The predicted octanol–water partition coefficient (Wildman–Crippen LogP) is 0.343. The lowest BCUT2D eigenvalue weighted by Gasteiger charge is -1.96. The Morgan fingerprint density at radius 1 is 1.33 bits per heavy atom. The van der Waals surface area contributed by atoms with E-state index in [1.807, 2.05) is 0 Å². The lowest BCUT2D eigenvalue weighted by atomic mass is 10.3. The van der Waals surface area contributed by atoms with Gasteiger partial charge in [-0.25, -0.2) is 0 Å². The van der Waals surface area contributed by atoms with E-state index >= 15 is 0 Å². The molecular formula is C12H9N5O4. The molecule has 3 aromatic rings. The summed E-state index contributed by atoms with van der Waals surface area (Å²) in [5, 5.41) is 9.65. The lowest BCUT2D eigenvalue weighted by Crippen LogP contribution is -2.22. The van der Waals surface area contributed by atoms with E-state index in [-0.39, 0.29) is 35.1 Å². The fourth-order valence-corrected chi connectivity index (χ4v) is 1.61. The summed E-state index contributed by atoms with van der Waals surface area (Å²) in [6, 6.07) is 4.65. The molecule has 0 bridgehead atoms. The predicted molar refractivity (Wildman–Crippen MR) is 68.0 cm³/mol. The van der Waals surface area contributed by atoms with Crippen LogP contribution in [0.2, 0.25) is 0 Å². The molecule has 0 aliphatic carbocycles. The highest BCUT2D eigenvalue weighted by molar-refractivity contribution is 5.91. The fourth-order valence-electron chi connectivity index (χ4n) is 1.61. The van der Waals surface area contributed by atoms with E-state index in [1.54, 1.807) is 12.1 Å². The van der Waals surface area contributed by atoms with Gasteiger partial charge in [0.15, 0.2) is 0 Å². The van der Waals surface area contributed by atoms with Crippen molar-refractivity contribution in [2.45, 2.75) is 6.54 Å². The largest absolute Gasteiger partial charge is 0.351 e. The van der Waals surface area contributed by atoms with Crippen LogP contribution in [0.15, 0.2) is 44.4 Å².